The molecule has 1 fully saturated rings. The Morgan fingerprint density at radius 1 is 1.03 bits per heavy atom. The monoisotopic (exact) mass is 470 g/mol. The summed E-state index contributed by atoms with van der Waals surface area (Å²) in [5, 5.41) is 9.23. The number of para-hydroxylation sites is 1. The van der Waals surface area contributed by atoms with E-state index in [4.69, 9.17) is 0 Å². The third-order valence-electron chi connectivity index (χ3n) is 5.57. The van der Waals surface area contributed by atoms with Crippen LogP contribution in [0.3, 0.4) is 0 Å². The first-order valence-corrected chi connectivity index (χ1v) is 12.6. The number of anilines is 1. The molecule has 4 rings (SSSR count). The maximum atomic E-state index is 13.0. The summed E-state index contributed by atoms with van der Waals surface area (Å²) >= 11 is 1.50. The molecule has 0 unspecified atom stereocenters. The van der Waals surface area contributed by atoms with Gasteiger partial charge in [0.15, 0.2) is 0 Å². The maximum absolute atomic E-state index is 13.0. The number of amides is 2. The fraction of sp³-hybridized carbons (Fsp3) is 0.318. The quantitative estimate of drug-likeness (QED) is 0.662. The lowest BCUT2D eigenvalue weighted by molar-refractivity contribution is -0.132. The molecule has 2 amide bonds. The first kappa shape index (κ1) is 22.3. The van der Waals surface area contributed by atoms with Crippen molar-refractivity contribution >= 4 is 39.3 Å². The molecule has 2 aliphatic rings. The largest absolute Gasteiger partial charge is 0.340 e. The van der Waals surface area contributed by atoms with Crippen molar-refractivity contribution in [1.29, 1.82) is 5.26 Å². The van der Waals surface area contributed by atoms with Gasteiger partial charge in [-0.15, -0.1) is 11.8 Å². The fourth-order valence-corrected chi connectivity index (χ4v) is 6.37. The van der Waals surface area contributed by atoms with E-state index in [0.29, 0.717) is 12.3 Å². The van der Waals surface area contributed by atoms with Crippen LogP contribution >= 0.6 is 11.8 Å². The Morgan fingerprint density at radius 2 is 1.72 bits per heavy atom. The molecule has 1 saturated heterocycles. The van der Waals surface area contributed by atoms with Crippen molar-refractivity contribution in [3.63, 3.8) is 0 Å². The number of piperazine rings is 1. The van der Waals surface area contributed by atoms with Crippen molar-refractivity contribution in [1.82, 2.24) is 9.21 Å². The molecule has 0 spiro atoms. The molecule has 0 N–H and O–H groups in total. The van der Waals surface area contributed by atoms with Gasteiger partial charge in [0.1, 0.15) is 6.07 Å². The average molecular weight is 471 g/mol. The number of nitriles is 1. The highest BCUT2D eigenvalue weighted by atomic mass is 32.2. The summed E-state index contributed by atoms with van der Waals surface area (Å²) in [7, 11) is -3.81. The predicted molar refractivity (Wildman–Crippen MR) is 121 cm³/mol. The van der Waals surface area contributed by atoms with Gasteiger partial charge in [-0.25, -0.2) is 8.42 Å². The second kappa shape index (κ2) is 9.32. The van der Waals surface area contributed by atoms with E-state index in [9.17, 15) is 23.3 Å². The van der Waals surface area contributed by atoms with Crippen LogP contribution in [0.25, 0.3) is 0 Å². The number of hydrogen-bond donors (Lipinski definition) is 0. The second-order valence-corrected chi connectivity index (χ2v) is 10.4. The molecule has 166 valence electrons. The van der Waals surface area contributed by atoms with Crippen molar-refractivity contribution in [2.45, 2.75) is 16.2 Å². The molecule has 2 aromatic rings. The molecule has 0 aliphatic carbocycles. The van der Waals surface area contributed by atoms with E-state index in [1.54, 1.807) is 21.9 Å². The zero-order chi connectivity index (χ0) is 22.7. The molecule has 2 aliphatic heterocycles. The SMILES string of the molecule is N#Cc1ccccc1S(=O)(=O)N1CCN(C(=O)CCN2C(=O)CSc3ccccc32)CC1. The Kier molecular flexibility index (Phi) is 6.50. The second-order valence-electron chi connectivity index (χ2n) is 7.44. The lowest BCUT2D eigenvalue weighted by Crippen LogP contribution is -2.51. The minimum Gasteiger partial charge on any atom is -0.340 e. The molecule has 8 nitrogen and oxygen atoms in total. The number of nitrogens with zero attached hydrogens (tertiary/aromatic N) is 4. The van der Waals surface area contributed by atoms with Crippen LogP contribution < -0.4 is 4.90 Å². The number of sulfonamides is 1. The maximum Gasteiger partial charge on any atom is 0.244 e. The van der Waals surface area contributed by atoms with Gasteiger partial charge in [0, 0.05) is 44.0 Å². The van der Waals surface area contributed by atoms with Gasteiger partial charge in [0.05, 0.1) is 21.9 Å². The lowest BCUT2D eigenvalue weighted by Gasteiger charge is -2.35. The number of benzene rings is 2. The summed E-state index contributed by atoms with van der Waals surface area (Å²) in [6, 6.07) is 15.7. The number of carbonyl (C=O) groups excluding carboxylic acids is 2. The average Bonchev–Trinajstić information content (AvgIpc) is 2.83. The van der Waals surface area contributed by atoms with Crippen LogP contribution in [0.4, 0.5) is 5.69 Å². The van der Waals surface area contributed by atoms with Crippen LogP contribution in [-0.2, 0) is 19.6 Å². The van der Waals surface area contributed by atoms with Crippen LogP contribution in [0.2, 0.25) is 0 Å². The Bertz CT molecular complexity index is 1180. The zero-order valence-corrected chi connectivity index (χ0v) is 18.9. The van der Waals surface area contributed by atoms with E-state index in [1.807, 2.05) is 30.3 Å². The first-order chi connectivity index (χ1) is 15.4. The molecule has 0 atom stereocenters. The van der Waals surface area contributed by atoms with E-state index < -0.39 is 10.0 Å². The smallest absolute Gasteiger partial charge is 0.244 e. The highest BCUT2D eigenvalue weighted by Gasteiger charge is 2.32. The van der Waals surface area contributed by atoms with Crippen LogP contribution in [0, 0.1) is 11.3 Å². The number of thioether (sulfide) groups is 1. The standard InChI is InChI=1S/C22H22N4O4S2/c23-15-17-5-1-4-8-20(17)32(29,30)25-13-11-24(12-14-25)21(27)9-10-26-18-6-2-3-7-19(18)31-16-22(26)28/h1-8H,9-14,16H2. The van der Waals surface area contributed by atoms with E-state index >= 15 is 0 Å². The minimum atomic E-state index is -3.81. The van der Waals surface area contributed by atoms with Gasteiger partial charge < -0.3 is 9.80 Å². The lowest BCUT2D eigenvalue weighted by atomic mass is 10.2. The molecular weight excluding hydrogens is 448 g/mol. The summed E-state index contributed by atoms with van der Waals surface area (Å²) in [6.45, 7) is 1.16. The Morgan fingerprint density at radius 3 is 2.47 bits per heavy atom. The van der Waals surface area contributed by atoms with Gasteiger partial charge in [-0.3, -0.25) is 9.59 Å². The van der Waals surface area contributed by atoms with E-state index in [-0.39, 0.29) is 54.9 Å². The number of carbonyl (C=O) groups is 2. The van der Waals surface area contributed by atoms with Crippen molar-refractivity contribution in [2.75, 3.05) is 43.4 Å². The normalized spacial score (nSPS) is 17.0. The predicted octanol–water partition coefficient (Wildman–Crippen LogP) is 1.92. The van der Waals surface area contributed by atoms with Gasteiger partial charge in [-0.05, 0) is 24.3 Å². The van der Waals surface area contributed by atoms with E-state index in [0.717, 1.165) is 10.6 Å². The minimum absolute atomic E-state index is 0.0116. The Hall–Kier alpha value is -2.87. The molecule has 32 heavy (non-hydrogen) atoms. The van der Waals surface area contributed by atoms with Crippen LogP contribution in [0.1, 0.15) is 12.0 Å². The van der Waals surface area contributed by atoms with Crippen molar-refractivity contribution in [3.8, 4) is 6.07 Å². The molecule has 2 aromatic carbocycles. The fourth-order valence-electron chi connectivity index (χ4n) is 3.87. The molecular formula is C22H22N4O4S2. The first-order valence-electron chi connectivity index (χ1n) is 10.2. The van der Waals surface area contributed by atoms with E-state index in [2.05, 4.69) is 0 Å². The number of fused-ring (bicyclic) bond motifs is 1. The zero-order valence-electron chi connectivity index (χ0n) is 17.3. The summed E-state index contributed by atoms with van der Waals surface area (Å²) in [5.74, 6) is 0.225. The molecule has 0 aromatic heterocycles. The summed E-state index contributed by atoms with van der Waals surface area (Å²) < 4.78 is 27.2. The van der Waals surface area contributed by atoms with Crippen molar-refractivity contribution < 1.29 is 18.0 Å². The summed E-state index contributed by atoms with van der Waals surface area (Å²) in [6.07, 6.45) is 0.175. The third-order valence-corrected chi connectivity index (χ3v) is 8.58. The molecule has 0 radical (unpaired) electrons. The van der Waals surface area contributed by atoms with Crippen LogP contribution in [-0.4, -0.2) is 67.9 Å². The molecule has 10 heteroatoms. The Balaban J connectivity index is 1.36. The summed E-state index contributed by atoms with van der Waals surface area (Å²) in [4.78, 5) is 29.4. The number of rotatable bonds is 5. The highest BCUT2D eigenvalue weighted by Crippen LogP contribution is 2.35. The Labute approximate surface area is 191 Å². The third kappa shape index (κ3) is 4.37. The van der Waals surface area contributed by atoms with E-state index in [1.165, 1.54) is 28.2 Å². The summed E-state index contributed by atoms with van der Waals surface area (Å²) in [5.41, 5.74) is 0.935. The van der Waals surface area contributed by atoms with Gasteiger partial charge in [0.25, 0.3) is 0 Å². The van der Waals surface area contributed by atoms with Gasteiger partial charge in [0.2, 0.25) is 21.8 Å². The van der Waals surface area contributed by atoms with Crippen LogP contribution in [0.5, 0.6) is 0 Å². The van der Waals surface area contributed by atoms with Gasteiger partial charge in [-0.1, -0.05) is 24.3 Å². The van der Waals surface area contributed by atoms with Gasteiger partial charge in [-0.2, -0.15) is 9.57 Å². The van der Waals surface area contributed by atoms with Crippen molar-refractivity contribution in [3.05, 3.63) is 54.1 Å². The van der Waals surface area contributed by atoms with Crippen molar-refractivity contribution in [2.24, 2.45) is 0 Å². The molecule has 0 saturated carbocycles. The molecule has 2 heterocycles. The van der Waals surface area contributed by atoms with Gasteiger partial charge >= 0.3 is 0 Å². The number of hydrogen-bond acceptors (Lipinski definition) is 6. The molecule has 0 bridgehead atoms. The topological polar surface area (TPSA) is 102 Å². The van der Waals surface area contributed by atoms with Crippen LogP contribution in [0.15, 0.2) is 58.3 Å². The highest BCUT2D eigenvalue weighted by molar-refractivity contribution is 8.00.